The second-order valence-corrected chi connectivity index (χ2v) is 4.89. The number of nitro groups is 1. The average molecular weight is 308 g/mol. The van der Waals surface area contributed by atoms with Gasteiger partial charge in [-0.3, -0.25) is 10.1 Å². The number of hydrogen-bond acceptors (Lipinski definition) is 5. The molecule has 0 atom stereocenters. The summed E-state index contributed by atoms with van der Waals surface area (Å²) in [5.41, 5.74) is 5.63. The number of nitrogen functional groups attached to an aromatic ring is 1. The van der Waals surface area contributed by atoms with Crippen LogP contribution in [0.15, 0.2) is 60.7 Å². The van der Waals surface area contributed by atoms with Crippen molar-refractivity contribution in [3.8, 4) is 5.75 Å². The Morgan fingerprint density at radius 2 is 1.78 bits per heavy atom. The minimum Gasteiger partial charge on any atom is -0.423 e. The highest BCUT2D eigenvalue weighted by atomic mass is 16.6. The van der Waals surface area contributed by atoms with E-state index in [4.69, 9.17) is 10.5 Å². The molecule has 0 amide bonds. The number of anilines is 1. The van der Waals surface area contributed by atoms with E-state index >= 15 is 0 Å². The van der Waals surface area contributed by atoms with Crippen molar-refractivity contribution in [3.05, 3.63) is 76.3 Å². The third kappa shape index (κ3) is 2.82. The lowest BCUT2D eigenvalue weighted by Gasteiger charge is -2.07. The molecule has 0 saturated heterocycles. The van der Waals surface area contributed by atoms with E-state index in [1.807, 2.05) is 30.3 Å². The van der Waals surface area contributed by atoms with Crippen LogP contribution in [0.2, 0.25) is 0 Å². The average Bonchev–Trinajstić information content (AvgIpc) is 2.55. The van der Waals surface area contributed by atoms with Gasteiger partial charge in [-0.05, 0) is 29.0 Å². The number of nitrogens with zero attached hydrogens (tertiary/aromatic N) is 1. The van der Waals surface area contributed by atoms with Gasteiger partial charge < -0.3 is 10.5 Å². The molecule has 0 aliphatic heterocycles. The number of nitrogens with two attached hydrogens (primary N) is 1. The van der Waals surface area contributed by atoms with E-state index in [0.717, 1.165) is 16.8 Å². The molecule has 3 aromatic carbocycles. The van der Waals surface area contributed by atoms with Crippen LogP contribution in [0.4, 0.5) is 11.4 Å². The number of fused-ring (bicyclic) bond motifs is 1. The second-order valence-electron chi connectivity index (χ2n) is 4.89. The van der Waals surface area contributed by atoms with Gasteiger partial charge in [-0.2, -0.15) is 0 Å². The van der Waals surface area contributed by atoms with Gasteiger partial charge >= 0.3 is 5.97 Å². The first-order valence-electron chi connectivity index (χ1n) is 6.80. The van der Waals surface area contributed by atoms with E-state index in [1.165, 1.54) is 12.1 Å². The highest BCUT2D eigenvalue weighted by molar-refractivity contribution is 6.05. The molecule has 0 heterocycles. The fourth-order valence-corrected chi connectivity index (χ4v) is 2.31. The SMILES string of the molecule is Nc1ccc(OC(=O)c2cccc3ccccc23)cc1[N+](=O)[O-]. The molecule has 3 rings (SSSR count). The third-order valence-corrected chi connectivity index (χ3v) is 3.42. The maximum absolute atomic E-state index is 12.4. The number of ether oxygens (including phenoxy) is 1. The number of benzene rings is 3. The zero-order valence-corrected chi connectivity index (χ0v) is 11.9. The summed E-state index contributed by atoms with van der Waals surface area (Å²) >= 11 is 0. The minimum atomic E-state index is -0.620. The van der Waals surface area contributed by atoms with Crippen molar-refractivity contribution in [3.63, 3.8) is 0 Å². The van der Waals surface area contributed by atoms with Crippen LogP contribution in [0.3, 0.4) is 0 Å². The van der Waals surface area contributed by atoms with E-state index in [0.29, 0.717) is 5.56 Å². The van der Waals surface area contributed by atoms with E-state index < -0.39 is 10.9 Å². The van der Waals surface area contributed by atoms with Gasteiger partial charge in [-0.25, -0.2) is 4.79 Å². The van der Waals surface area contributed by atoms with E-state index in [2.05, 4.69) is 0 Å². The monoisotopic (exact) mass is 308 g/mol. The van der Waals surface area contributed by atoms with Gasteiger partial charge in [0.2, 0.25) is 0 Å². The fourth-order valence-electron chi connectivity index (χ4n) is 2.31. The summed E-state index contributed by atoms with van der Waals surface area (Å²) in [6, 6.07) is 16.6. The standard InChI is InChI=1S/C17H12N2O4/c18-15-9-8-12(10-16(15)19(21)22)23-17(20)14-7-3-5-11-4-1-2-6-13(11)14/h1-10H,18H2. The fraction of sp³-hybridized carbons (Fsp3) is 0. The lowest BCUT2D eigenvalue weighted by Crippen LogP contribution is -2.09. The van der Waals surface area contributed by atoms with Crippen molar-refractivity contribution in [1.82, 2.24) is 0 Å². The van der Waals surface area contributed by atoms with Crippen molar-refractivity contribution in [2.75, 3.05) is 5.73 Å². The smallest absolute Gasteiger partial charge is 0.344 e. The highest BCUT2D eigenvalue weighted by Crippen LogP contribution is 2.27. The van der Waals surface area contributed by atoms with Crippen molar-refractivity contribution >= 4 is 28.1 Å². The Hall–Kier alpha value is -3.41. The quantitative estimate of drug-likeness (QED) is 0.262. The summed E-state index contributed by atoms with van der Waals surface area (Å²) in [4.78, 5) is 22.6. The van der Waals surface area contributed by atoms with Crippen molar-refractivity contribution < 1.29 is 14.5 Å². The topological polar surface area (TPSA) is 95.5 Å². The first kappa shape index (κ1) is 14.5. The molecule has 2 N–H and O–H groups in total. The van der Waals surface area contributed by atoms with Crippen LogP contribution in [0.5, 0.6) is 5.75 Å². The van der Waals surface area contributed by atoms with Gasteiger partial charge in [0.05, 0.1) is 16.6 Å². The Morgan fingerprint density at radius 1 is 1.04 bits per heavy atom. The Balaban J connectivity index is 1.95. The Labute approximate surface area is 131 Å². The predicted molar refractivity (Wildman–Crippen MR) is 86.4 cm³/mol. The zero-order valence-electron chi connectivity index (χ0n) is 11.9. The Morgan fingerprint density at radius 3 is 2.57 bits per heavy atom. The van der Waals surface area contributed by atoms with Crippen molar-refractivity contribution in [2.24, 2.45) is 0 Å². The highest BCUT2D eigenvalue weighted by Gasteiger charge is 2.16. The molecule has 6 nitrogen and oxygen atoms in total. The summed E-state index contributed by atoms with van der Waals surface area (Å²) in [6.07, 6.45) is 0. The molecule has 0 aliphatic carbocycles. The van der Waals surface area contributed by atoms with Gasteiger partial charge in [0, 0.05) is 0 Å². The van der Waals surface area contributed by atoms with Crippen LogP contribution in [0.1, 0.15) is 10.4 Å². The van der Waals surface area contributed by atoms with Gasteiger partial charge in [0.1, 0.15) is 11.4 Å². The maximum atomic E-state index is 12.4. The minimum absolute atomic E-state index is 0.0139. The molecule has 114 valence electrons. The molecule has 0 unspecified atom stereocenters. The molecule has 0 aliphatic rings. The van der Waals surface area contributed by atoms with Crippen molar-refractivity contribution in [1.29, 1.82) is 0 Å². The summed E-state index contributed by atoms with van der Waals surface area (Å²) in [5.74, 6) is -0.510. The first-order chi connectivity index (χ1) is 11.1. The number of carbonyl (C=O) groups excluding carboxylic acids is 1. The molecule has 0 spiro atoms. The number of hydrogen-bond donors (Lipinski definition) is 1. The van der Waals surface area contributed by atoms with Crippen LogP contribution in [0, 0.1) is 10.1 Å². The summed E-state index contributed by atoms with van der Waals surface area (Å²) in [6.45, 7) is 0. The Kier molecular flexibility index (Phi) is 3.64. The maximum Gasteiger partial charge on any atom is 0.344 e. The largest absolute Gasteiger partial charge is 0.423 e. The van der Waals surface area contributed by atoms with E-state index in [1.54, 1.807) is 12.1 Å². The summed E-state index contributed by atoms with van der Waals surface area (Å²) in [5, 5.41) is 12.6. The second kappa shape index (κ2) is 5.76. The molecular formula is C17H12N2O4. The third-order valence-electron chi connectivity index (χ3n) is 3.42. The van der Waals surface area contributed by atoms with E-state index in [9.17, 15) is 14.9 Å². The van der Waals surface area contributed by atoms with Crippen molar-refractivity contribution in [2.45, 2.75) is 0 Å². The number of nitro benzene ring substituents is 1. The Bertz CT molecular complexity index is 916. The van der Waals surface area contributed by atoms with Gasteiger partial charge in [0.25, 0.3) is 5.69 Å². The van der Waals surface area contributed by atoms with Gasteiger partial charge in [-0.1, -0.05) is 36.4 Å². The summed E-state index contributed by atoms with van der Waals surface area (Å²) in [7, 11) is 0. The van der Waals surface area contributed by atoms with Crippen LogP contribution >= 0.6 is 0 Å². The summed E-state index contributed by atoms with van der Waals surface area (Å²) < 4.78 is 5.26. The molecule has 23 heavy (non-hydrogen) atoms. The molecule has 0 bridgehead atoms. The molecule has 6 heteroatoms. The first-order valence-corrected chi connectivity index (χ1v) is 6.80. The van der Waals surface area contributed by atoms with Crippen LogP contribution < -0.4 is 10.5 Å². The zero-order chi connectivity index (χ0) is 16.4. The molecule has 0 radical (unpaired) electrons. The van der Waals surface area contributed by atoms with Crippen LogP contribution in [0.25, 0.3) is 10.8 Å². The number of carbonyl (C=O) groups is 1. The van der Waals surface area contributed by atoms with Gasteiger partial charge in [-0.15, -0.1) is 0 Å². The lowest BCUT2D eigenvalue weighted by molar-refractivity contribution is -0.383. The molecule has 3 aromatic rings. The number of esters is 1. The molecular weight excluding hydrogens is 296 g/mol. The van der Waals surface area contributed by atoms with Crippen LogP contribution in [-0.4, -0.2) is 10.9 Å². The molecule has 0 saturated carbocycles. The number of rotatable bonds is 3. The van der Waals surface area contributed by atoms with Crippen LogP contribution in [-0.2, 0) is 0 Å². The van der Waals surface area contributed by atoms with Gasteiger partial charge in [0.15, 0.2) is 0 Å². The van der Waals surface area contributed by atoms with E-state index in [-0.39, 0.29) is 17.1 Å². The molecule has 0 aromatic heterocycles. The predicted octanol–water partition coefficient (Wildman–Crippen LogP) is 3.55. The normalized spacial score (nSPS) is 10.4. The lowest BCUT2D eigenvalue weighted by atomic mass is 10.0. The molecule has 0 fully saturated rings.